The van der Waals surface area contributed by atoms with Gasteiger partial charge >= 0.3 is 0 Å². The smallest absolute Gasteiger partial charge is 0.0232 e. The fourth-order valence-corrected chi connectivity index (χ4v) is 3.35. The van der Waals surface area contributed by atoms with Crippen molar-refractivity contribution < 1.29 is 0 Å². The molecule has 0 N–H and O–H groups in total. The summed E-state index contributed by atoms with van der Waals surface area (Å²) in [7, 11) is 0. The molecule has 1 heteroatoms. The largest absolute Gasteiger partial charge is 0.297 e. The van der Waals surface area contributed by atoms with E-state index in [1.54, 1.807) is 0 Å². The van der Waals surface area contributed by atoms with Crippen LogP contribution in [0.25, 0.3) is 0 Å². The lowest BCUT2D eigenvalue weighted by Gasteiger charge is -2.48. The SMILES string of the molecule is CCCN(CCC)C(CCC)(CCC)C(C)C. The minimum atomic E-state index is 0.454. The summed E-state index contributed by atoms with van der Waals surface area (Å²) in [6.07, 6.45) is 7.89. The molecule has 0 aliphatic rings. The van der Waals surface area contributed by atoms with E-state index in [0.29, 0.717) is 5.54 Å². The van der Waals surface area contributed by atoms with Crippen LogP contribution in [0.15, 0.2) is 0 Å². The van der Waals surface area contributed by atoms with Gasteiger partial charge in [-0.25, -0.2) is 0 Å². The number of hydrogen-bond donors (Lipinski definition) is 0. The van der Waals surface area contributed by atoms with Crippen molar-refractivity contribution in [3.05, 3.63) is 0 Å². The minimum absolute atomic E-state index is 0.454. The van der Waals surface area contributed by atoms with Gasteiger partial charge in [-0.15, -0.1) is 0 Å². The van der Waals surface area contributed by atoms with E-state index in [2.05, 4.69) is 46.4 Å². The predicted molar refractivity (Wildman–Crippen MR) is 79.5 cm³/mol. The maximum absolute atomic E-state index is 2.80. The summed E-state index contributed by atoms with van der Waals surface area (Å²) in [4.78, 5) is 2.80. The van der Waals surface area contributed by atoms with E-state index >= 15 is 0 Å². The van der Waals surface area contributed by atoms with Crippen molar-refractivity contribution in [3.63, 3.8) is 0 Å². The Morgan fingerprint density at radius 1 is 0.765 bits per heavy atom. The van der Waals surface area contributed by atoms with Crippen molar-refractivity contribution in [1.29, 1.82) is 0 Å². The molecule has 0 heterocycles. The number of nitrogens with zero attached hydrogens (tertiary/aromatic N) is 1. The lowest BCUT2D eigenvalue weighted by atomic mass is 9.77. The van der Waals surface area contributed by atoms with E-state index in [4.69, 9.17) is 0 Å². The maximum atomic E-state index is 2.80. The lowest BCUT2D eigenvalue weighted by molar-refractivity contribution is 0.0255. The Morgan fingerprint density at radius 2 is 1.18 bits per heavy atom. The van der Waals surface area contributed by atoms with Crippen LogP contribution in [0.1, 0.15) is 80.1 Å². The first kappa shape index (κ1) is 17.0. The number of hydrogen-bond acceptors (Lipinski definition) is 1. The second-order valence-electron chi connectivity index (χ2n) is 5.75. The molecule has 0 atom stereocenters. The third-order valence-electron chi connectivity index (χ3n) is 4.06. The van der Waals surface area contributed by atoms with Crippen LogP contribution >= 0.6 is 0 Å². The second-order valence-corrected chi connectivity index (χ2v) is 5.75. The van der Waals surface area contributed by atoms with Crippen molar-refractivity contribution >= 4 is 0 Å². The van der Waals surface area contributed by atoms with Crippen LogP contribution in [0.5, 0.6) is 0 Å². The second kappa shape index (κ2) is 8.97. The van der Waals surface area contributed by atoms with Crippen molar-refractivity contribution in [2.75, 3.05) is 13.1 Å². The van der Waals surface area contributed by atoms with Crippen LogP contribution in [-0.4, -0.2) is 23.5 Å². The van der Waals surface area contributed by atoms with Gasteiger partial charge in [0.15, 0.2) is 0 Å². The highest BCUT2D eigenvalue weighted by Gasteiger charge is 2.36. The molecule has 0 unspecified atom stereocenters. The van der Waals surface area contributed by atoms with E-state index in [9.17, 15) is 0 Å². The zero-order chi connectivity index (χ0) is 13.3. The Morgan fingerprint density at radius 3 is 1.41 bits per heavy atom. The normalized spacial score (nSPS) is 12.7. The van der Waals surface area contributed by atoms with E-state index in [1.165, 1.54) is 51.6 Å². The van der Waals surface area contributed by atoms with E-state index in [1.807, 2.05) is 0 Å². The third kappa shape index (κ3) is 4.62. The molecule has 0 aliphatic carbocycles. The summed E-state index contributed by atoms with van der Waals surface area (Å²) in [5, 5.41) is 0. The summed E-state index contributed by atoms with van der Waals surface area (Å²) < 4.78 is 0. The molecule has 0 bridgehead atoms. The first-order valence-electron chi connectivity index (χ1n) is 7.83. The first-order valence-corrected chi connectivity index (χ1v) is 7.83. The highest BCUT2D eigenvalue weighted by molar-refractivity contribution is 4.92. The summed E-state index contributed by atoms with van der Waals surface area (Å²) in [6.45, 7) is 16.7. The van der Waals surface area contributed by atoms with Crippen LogP contribution in [0.3, 0.4) is 0 Å². The average molecular weight is 241 g/mol. The highest BCUT2D eigenvalue weighted by Crippen LogP contribution is 2.35. The summed E-state index contributed by atoms with van der Waals surface area (Å²) in [5.74, 6) is 0.764. The molecule has 17 heavy (non-hydrogen) atoms. The zero-order valence-corrected chi connectivity index (χ0v) is 13.2. The Bertz CT molecular complexity index is 162. The van der Waals surface area contributed by atoms with Crippen LogP contribution in [0.4, 0.5) is 0 Å². The van der Waals surface area contributed by atoms with Gasteiger partial charge in [-0.1, -0.05) is 54.4 Å². The van der Waals surface area contributed by atoms with Crippen LogP contribution in [-0.2, 0) is 0 Å². The molecular weight excluding hydrogens is 206 g/mol. The molecular formula is C16H35N. The molecule has 0 aromatic heterocycles. The number of rotatable bonds is 10. The van der Waals surface area contributed by atoms with Gasteiger partial charge in [-0.2, -0.15) is 0 Å². The topological polar surface area (TPSA) is 3.24 Å². The van der Waals surface area contributed by atoms with Crippen molar-refractivity contribution in [3.8, 4) is 0 Å². The van der Waals surface area contributed by atoms with Gasteiger partial charge in [0.2, 0.25) is 0 Å². The van der Waals surface area contributed by atoms with Crippen LogP contribution in [0, 0.1) is 5.92 Å². The molecule has 0 aromatic carbocycles. The fraction of sp³-hybridized carbons (Fsp3) is 1.00. The van der Waals surface area contributed by atoms with Gasteiger partial charge in [-0.05, 0) is 44.7 Å². The summed E-state index contributed by atoms with van der Waals surface area (Å²) in [6, 6.07) is 0. The molecule has 0 amide bonds. The van der Waals surface area contributed by atoms with E-state index < -0.39 is 0 Å². The zero-order valence-electron chi connectivity index (χ0n) is 13.2. The summed E-state index contributed by atoms with van der Waals surface area (Å²) >= 11 is 0. The van der Waals surface area contributed by atoms with Crippen LogP contribution < -0.4 is 0 Å². The molecule has 0 saturated heterocycles. The van der Waals surface area contributed by atoms with Gasteiger partial charge in [-0.3, -0.25) is 4.90 Å². The fourth-order valence-electron chi connectivity index (χ4n) is 3.35. The summed E-state index contributed by atoms with van der Waals surface area (Å²) in [5.41, 5.74) is 0.454. The average Bonchev–Trinajstić information content (AvgIpc) is 2.28. The molecule has 0 spiro atoms. The quantitative estimate of drug-likeness (QED) is 0.514. The monoisotopic (exact) mass is 241 g/mol. The third-order valence-corrected chi connectivity index (χ3v) is 4.06. The Kier molecular flexibility index (Phi) is 8.94. The molecule has 0 saturated carbocycles. The van der Waals surface area contributed by atoms with Gasteiger partial charge in [0.25, 0.3) is 0 Å². The van der Waals surface area contributed by atoms with Crippen molar-refractivity contribution in [2.24, 2.45) is 5.92 Å². The minimum Gasteiger partial charge on any atom is -0.297 e. The highest BCUT2D eigenvalue weighted by atomic mass is 15.2. The molecule has 104 valence electrons. The molecule has 0 aromatic rings. The standard InChI is InChI=1S/C16H35N/c1-7-11-16(12-8-2,15(5)6)17(13-9-3)14-10-4/h15H,7-14H2,1-6H3. The van der Waals surface area contributed by atoms with Gasteiger partial charge in [0, 0.05) is 5.54 Å². The van der Waals surface area contributed by atoms with Crippen LogP contribution in [0.2, 0.25) is 0 Å². The molecule has 1 nitrogen and oxygen atoms in total. The Balaban J connectivity index is 5.02. The molecule has 0 rings (SSSR count). The van der Waals surface area contributed by atoms with E-state index in [0.717, 1.165) is 5.92 Å². The first-order chi connectivity index (χ1) is 8.08. The van der Waals surface area contributed by atoms with Gasteiger partial charge in [0.05, 0.1) is 0 Å². The van der Waals surface area contributed by atoms with Gasteiger partial charge < -0.3 is 0 Å². The predicted octanol–water partition coefficient (Wildman–Crippen LogP) is 5.10. The van der Waals surface area contributed by atoms with Crippen molar-refractivity contribution in [2.45, 2.75) is 85.6 Å². The van der Waals surface area contributed by atoms with Gasteiger partial charge in [0.1, 0.15) is 0 Å². The Hall–Kier alpha value is -0.0400. The lowest BCUT2D eigenvalue weighted by Crippen LogP contribution is -2.53. The molecule has 0 radical (unpaired) electrons. The van der Waals surface area contributed by atoms with Crippen molar-refractivity contribution in [1.82, 2.24) is 4.90 Å². The molecule has 0 fully saturated rings. The maximum Gasteiger partial charge on any atom is 0.0232 e. The Labute approximate surface area is 110 Å². The van der Waals surface area contributed by atoms with E-state index in [-0.39, 0.29) is 0 Å². The molecule has 0 aliphatic heterocycles.